The molecule has 18 heavy (non-hydrogen) atoms. The van der Waals surface area contributed by atoms with E-state index in [1.165, 1.54) is 0 Å². The van der Waals surface area contributed by atoms with E-state index in [2.05, 4.69) is 9.97 Å². The molecule has 0 bridgehead atoms. The quantitative estimate of drug-likeness (QED) is 0.694. The van der Waals surface area contributed by atoms with Crippen LogP contribution in [0, 0.1) is 0 Å². The standard InChI is InChI=1S/C12H11Cl2N3O/c1-2-9-10(14)16-11(17-12(9)18-15)7-4-3-5-8(13)6-7/h3-6H,2,15H2,1H3. The Hall–Kier alpha value is -1.36. The van der Waals surface area contributed by atoms with Crippen LogP contribution in [0.1, 0.15) is 12.5 Å². The number of benzene rings is 1. The summed E-state index contributed by atoms with van der Waals surface area (Å²) in [6.07, 6.45) is 0.640. The van der Waals surface area contributed by atoms with Crippen LogP contribution in [0.3, 0.4) is 0 Å². The van der Waals surface area contributed by atoms with Crippen LogP contribution >= 0.6 is 23.2 Å². The second-order valence-electron chi connectivity index (χ2n) is 3.60. The van der Waals surface area contributed by atoms with Crippen molar-refractivity contribution in [3.05, 3.63) is 40.0 Å². The minimum absolute atomic E-state index is 0.285. The van der Waals surface area contributed by atoms with Crippen molar-refractivity contribution in [1.29, 1.82) is 0 Å². The van der Waals surface area contributed by atoms with Gasteiger partial charge in [-0.25, -0.2) is 4.98 Å². The van der Waals surface area contributed by atoms with Gasteiger partial charge in [0.15, 0.2) is 5.82 Å². The Morgan fingerprint density at radius 3 is 2.67 bits per heavy atom. The van der Waals surface area contributed by atoms with E-state index in [0.717, 1.165) is 5.56 Å². The van der Waals surface area contributed by atoms with Crippen molar-refractivity contribution in [1.82, 2.24) is 9.97 Å². The number of hydrogen-bond acceptors (Lipinski definition) is 4. The van der Waals surface area contributed by atoms with Crippen LogP contribution in [-0.2, 0) is 6.42 Å². The van der Waals surface area contributed by atoms with E-state index in [4.69, 9.17) is 33.9 Å². The first-order chi connectivity index (χ1) is 8.65. The zero-order chi connectivity index (χ0) is 13.1. The predicted octanol–water partition coefficient (Wildman–Crippen LogP) is 3.27. The van der Waals surface area contributed by atoms with E-state index >= 15 is 0 Å². The third-order valence-corrected chi connectivity index (χ3v) is 3.01. The van der Waals surface area contributed by atoms with Gasteiger partial charge in [-0.15, -0.1) is 0 Å². The molecule has 0 radical (unpaired) electrons. The van der Waals surface area contributed by atoms with Crippen LogP contribution in [0.5, 0.6) is 5.88 Å². The van der Waals surface area contributed by atoms with Gasteiger partial charge in [-0.1, -0.05) is 42.3 Å². The molecule has 0 aliphatic rings. The molecule has 0 unspecified atom stereocenters. The first kappa shape index (κ1) is 13.1. The van der Waals surface area contributed by atoms with E-state index in [9.17, 15) is 0 Å². The fourth-order valence-electron chi connectivity index (χ4n) is 1.59. The largest absolute Gasteiger partial charge is 0.391 e. The average molecular weight is 284 g/mol. The minimum atomic E-state index is 0.285. The van der Waals surface area contributed by atoms with E-state index in [1.54, 1.807) is 12.1 Å². The number of rotatable bonds is 3. The first-order valence-corrected chi connectivity index (χ1v) is 6.10. The Balaban J connectivity index is 2.56. The monoisotopic (exact) mass is 283 g/mol. The zero-order valence-corrected chi connectivity index (χ0v) is 11.2. The van der Waals surface area contributed by atoms with E-state index < -0.39 is 0 Å². The predicted molar refractivity (Wildman–Crippen MR) is 71.7 cm³/mol. The van der Waals surface area contributed by atoms with Crippen LogP contribution in [0.2, 0.25) is 10.2 Å². The number of nitrogens with zero attached hydrogens (tertiary/aromatic N) is 2. The first-order valence-electron chi connectivity index (χ1n) is 5.34. The van der Waals surface area contributed by atoms with Crippen molar-refractivity contribution in [3.63, 3.8) is 0 Å². The van der Waals surface area contributed by atoms with Crippen molar-refractivity contribution in [2.24, 2.45) is 5.90 Å². The molecule has 0 aliphatic carbocycles. The molecule has 0 saturated heterocycles. The van der Waals surface area contributed by atoms with Crippen LogP contribution in [0.15, 0.2) is 24.3 Å². The summed E-state index contributed by atoms with van der Waals surface area (Å²) < 4.78 is 0. The lowest BCUT2D eigenvalue weighted by atomic mass is 10.2. The van der Waals surface area contributed by atoms with Crippen molar-refractivity contribution in [2.75, 3.05) is 0 Å². The molecule has 0 saturated carbocycles. The molecule has 2 N–H and O–H groups in total. The summed E-state index contributed by atoms with van der Waals surface area (Å²) in [5.41, 5.74) is 1.44. The van der Waals surface area contributed by atoms with Crippen molar-refractivity contribution >= 4 is 23.2 Å². The normalized spacial score (nSPS) is 10.4. The van der Waals surface area contributed by atoms with Gasteiger partial charge in [-0.05, 0) is 18.6 Å². The Morgan fingerprint density at radius 1 is 1.28 bits per heavy atom. The Labute approximate surface area is 115 Å². The molecule has 0 amide bonds. The lowest BCUT2D eigenvalue weighted by Crippen LogP contribution is -2.08. The van der Waals surface area contributed by atoms with Crippen LogP contribution in [0.4, 0.5) is 0 Å². The summed E-state index contributed by atoms with van der Waals surface area (Å²) in [5, 5.41) is 0.935. The smallest absolute Gasteiger partial charge is 0.245 e. The molecule has 1 aromatic carbocycles. The molecule has 1 heterocycles. The lowest BCUT2D eigenvalue weighted by molar-refractivity contribution is 0.317. The van der Waals surface area contributed by atoms with Gasteiger partial charge >= 0.3 is 0 Å². The second kappa shape index (κ2) is 5.52. The van der Waals surface area contributed by atoms with Gasteiger partial charge in [0.2, 0.25) is 5.88 Å². The molecular weight excluding hydrogens is 273 g/mol. The Morgan fingerprint density at radius 2 is 2.06 bits per heavy atom. The SMILES string of the molecule is CCc1c(Cl)nc(-c2cccc(Cl)c2)nc1ON. The summed E-state index contributed by atoms with van der Waals surface area (Å²) in [6, 6.07) is 7.17. The van der Waals surface area contributed by atoms with Crippen molar-refractivity contribution < 1.29 is 4.84 Å². The van der Waals surface area contributed by atoms with Gasteiger partial charge in [0, 0.05) is 10.6 Å². The van der Waals surface area contributed by atoms with E-state index in [1.807, 2.05) is 19.1 Å². The molecule has 94 valence electrons. The maximum atomic E-state index is 6.08. The van der Waals surface area contributed by atoms with Crippen molar-refractivity contribution in [2.45, 2.75) is 13.3 Å². The maximum Gasteiger partial charge on any atom is 0.245 e. The molecule has 2 rings (SSSR count). The average Bonchev–Trinajstić information content (AvgIpc) is 2.37. The molecule has 0 aliphatic heterocycles. The third-order valence-electron chi connectivity index (χ3n) is 2.47. The summed E-state index contributed by atoms with van der Waals surface area (Å²) in [5.74, 6) is 5.91. The van der Waals surface area contributed by atoms with E-state index in [-0.39, 0.29) is 5.88 Å². The lowest BCUT2D eigenvalue weighted by Gasteiger charge is -2.09. The summed E-state index contributed by atoms with van der Waals surface area (Å²) in [6.45, 7) is 1.92. The summed E-state index contributed by atoms with van der Waals surface area (Å²) >= 11 is 12.0. The molecule has 1 aromatic heterocycles. The van der Waals surface area contributed by atoms with Gasteiger partial charge in [0.1, 0.15) is 5.15 Å². The number of halogens is 2. The highest BCUT2D eigenvalue weighted by Crippen LogP contribution is 2.28. The zero-order valence-electron chi connectivity index (χ0n) is 9.65. The van der Waals surface area contributed by atoms with Crippen molar-refractivity contribution in [3.8, 4) is 17.3 Å². The summed E-state index contributed by atoms with van der Waals surface area (Å²) in [4.78, 5) is 13.2. The number of nitrogens with two attached hydrogens (primary N) is 1. The molecule has 0 fully saturated rings. The Bertz CT molecular complexity index is 575. The molecule has 4 nitrogen and oxygen atoms in total. The highest BCUT2D eigenvalue weighted by Gasteiger charge is 2.13. The third kappa shape index (κ3) is 2.56. The topological polar surface area (TPSA) is 61.0 Å². The van der Waals surface area contributed by atoms with Crippen LogP contribution in [-0.4, -0.2) is 9.97 Å². The van der Waals surface area contributed by atoms with Gasteiger partial charge in [-0.2, -0.15) is 10.9 Å². The highest BCUT2D eigenvalue weighted by atomic mass is 35.5. The van der Waals surface area contributed by atoms with E-state index in [0.29, 0.717) is 28.0 Å². The molecule has 0 spiro atoms. The van der Waals surface area contributed by atoms with Gasteiger partial charge in [0.25, 0.3) is 0 Å². The molecular formula is C12H11Cl2N3O. The van der Waals surface area contributed by atoms with Crippen LogP contribution < -0.4 is 10.7 Å². The Kier molecular flexibility index (Phi) is 4.01. The molecule has 2 aromatic rings. The fraction of sp³-hybridized carbons (Fsp3) is 0.167. The molecule has 6 heteroatoms. The summed E-state index contributed by atoms with van der Waals surface area (Å²) in [7, 11) is 0. The van der Waals surface area contributed by atoms with Gasteiger partial charge in [0.05, 0.1) is 5.56 Å². The number of hydrogen-bond donors (Lipinski definition) is 1. The maximum absolute atomic E-state index is 6.08. The van der Waals surface area contributed by atoms with Gasteiger partial charge in [-0.3, -0.25) is 0 Å². The highest BCUT2D eigenvalue weighted by molar-refractivity contribution is 6.31. The number of aromatic nitrogens is 2. The van der Waals surface area contributed by atoms with Crippen LogP contribution in [0.25, 0.3) is 11.4 Å². The molecule has 0 atom stereocenters. The fourth-order valence-corrected chi connectivity index (χ4v) is 2.07. The minimum Gasteiger partial charge on any atom is -0.391 e. The second-order valence-corrected chi connectivity index (χ2v) is 4.40. The van der Waals surface area contributed by atoms with Gasteiger partial charge < -0.3 is 4.84 Å².